The molecule has 1 aromatic carbocycles. The Morgan fingerprint density at radius 2 is 1.81 bits per heavy atom. The van der Waals surface area contributed by atoms with Crippen LogP contribution in [0.4, 0.5) is 0 Å². The number of amides is 2. The van der Waals surface area contributed by atoms with Crippen LogP contribution in [0.5, 0.6) is 5.75 Å². The topological polar surface area (TPSA) is 96.0 Å². The minimum atomic E-state index is -3.66. The van der Waals surface area contributed by atoms with E-state index in [1.807, 2.05) is 0 Å². The van der Waals surface area contributed by atoms with Crippen molar-refractivity contribution in [3.63, 3.8) is 0 Å². The number of rotatable bonds is 4. The summed E-state index contributed by atoms with van der Waals surface area (Å²) >= 11 is 0. The van der Waals surface area contributed by atoms with Gasteiger partial charge in [-0.3, -0.25) is 9.59 Å². The molecule has 8 nitrogen and oxygen atoms in total. The van der Waals surface area contributed by atoms with E-state index >= 15 is 0 Å². The summed E-state index contributed by atoms with van der Waals surface area (Å²) in [5, 5.41) is 2.66. The van der Waals surface area contributed by atoms with Gasteiger partial charge >= 0.3 is 11.8 Å². The lowest BCUT2D eigenvalue weighted by Gasteiger charge is -2.33. The summed E-state index contributed by atoms with van der Waals surface area (Å²) in [7, 11) is -2.13. The zero-order chi connectivity index (χ0) is 18.9. The zero-order valence-electron chi connectivity index (χ0n) is 14.9. The number of hydrogen-bond acceptors (Lipinski definition) is 5. The summed E-state index contributed by atoms with van der Waals surface area (Å²) in [4.78, 5) is 25.6. The molecule has 0 radical (unpaired) electrons. The van der Waals surface area contributed by atoms with E-state index in [-0.39, 0.29) is 37.1 Å². The molecule has 1 aromatic rings. The van der Waals surface area contributed by atoms with Crippen LogP contribution >= 0.6 is 0 Å². The van der Waals surface area contributed by atoms with Crippen molar-refractivity contribution in [1.29, 1.82) is 0 Å². The first-order chi connectivity index (χ1) is 12.3. The zero-order valence-corrected chi connectivity index (χ0v) is 15.7. The Morgan fingerprint density at radius 1 is 1.15 bits per heavy atom. The average Bonchev–Trinajstić information content (AvgIpc) is 3.44. The van der Waals surface area contributed by atoms with Crippen LogP contribution in [-0.2, 0) is 19.6 Å². The molecule has 1 heterocycles. The molecule has 1 aliphatic heterocycles. The van der Waals surface area contributed by atoms with Gasteiger partial charge in [0, 0.05) is 32.2 Å². The van der Waals surface area contributed by atoms with Crippen molar-refractivity contribution < 1.29 is 22.7 Å². The molecule has 0 aromatic heterocycles. The molecular formula is C17H23N3O5S. The van der Waals surface area contributed by atoms with Crippen molar-refractivity contribution in [2.24, 2.45) is 0 Å². The van der Waals surface area contributed by atoms with Gasteiger partial charge in [0.2, 0.25) is 10.0 Å². The summed E-state index contributed by atoms with van der Waals surface area (Å²) in [6.45, 7) is 2.45. The maximum Gasteiger partial charge on any atom is 0.311 e. The predicted octanol–water partition coefficient (Wildman–Crippen LogP) is 0.115. The van der Waals surface area contributed by atoms with Gasteiger partial charge in [-0.25, -0.2) is 8.42 Å². The molecule has 2 fully saturated rings. The predicted molar refractivity (Wildman–Crippen MR) is 94.2 cm³/mol. The highest BCUT2D eigenvalue weighted by molar-refractivity contribution is 7.89. The number of benzene rings is 1. The fourth-order valence-electron chi connectivity index (χ4n) is 2.93. The third kappa shape index (κ3) is 3.83. The molecule has 0 spiro atoms. The summed E-state index contributed by atoms with van der Waals surface area (Å²) < 4.78 is 32.2. The van der Waals surface area contributed by atoms with Crippen LogP contribution in [0.3, 0.4) is 0 Å². The van der Waals surface area contributed by atoms with Crippen LogP contribution in [0.25, 0.3) is 0 Å². The van der Waals surface area contributed by atoms with Gasteiger partial charge in [-0.15, -0.1) is 0 Å². The van der Waals surface area contributed by atoms with Gasteiger partial charge in [-0.1, -0.05) is 0 Å². The van der Waals surface area contributed by atoms with E-state index in [4.69, 9.17) is 4.74 Å². The van der Waals surface area contributed by atoms with Gasteiger partial charge in [-0.05, 0) is 43.5 Å². The van der Waals surface area contributed by atoms with Crippen molar-refractivity contribution >= 4 is 21.8 Å². The van der Waals surface area contributed by atoms with Crippen LogP contribution < -0.4 is 10.1 Å². The second kappa shape index (κ2) is 7.24. The van der Waals surface area contributed by atoms with E-state index in [1.54, 1.807) is 19.1 Å². The van der Waals surface area contributed by atoms with Crippen LogP contribution in [0.1, 0.15) is 18.4 Å². The van der Waals surface area contributed by atoms with E-state index < -0.39 is 21.8 Å². The number of nitrogens with zero attached hydrogens (tertiary/aromatic N) is 2. The highest BCUT2D eigenvalue weighted by Crippen LogP contribution is 2.25. The molecule has 1 saturated carbocycles. The maximum absolute atomic E-state index is 12.9. The van der Waals surface area contributed by atoms with Crippen LogP contribution in [-0.4, -0.2) is 68.8 Å². The summed E-state index contributed by atoms with van der Waals surface area (Å²) in [5.74, 6) is -0.595. The third-order valence-electron chi connectivity index (χ3n) is 4.63. The molecule has 1 N–H and O–H groups in total. The second-order valence-corrected chi connectivity index (χ2v) is 8.48. The second-order valence-electron chi connectivity index (χ2n) is 6.58. The quantitative estimate of drug-likeness (QED) is 0.747. The Labute approximate surface area is 153 Å². The van der Waals surface area contributed by atoms with E-state index in [0.29, 0.717) is 11.3 Å². The van der Waals surface area contributed by atoms with Gasteiger partial charge in [0.15, 0.2) is 0 Å². The number of aryl methyl sites for hydroxylation is 1. The van der Waals surface area contributed by atoms with Crippen LogP contribution in [0.2, 0.25) is 0 Å². The Bertz CT molecular complexity index is 812. The van der Waals surface area contributed by atoms with Crippen molar-refractivity contribution in [2.45, 2.75) is 30.7 Å². The SMILES string of the molecule is COc1ccc(S(=O)(=O)N2CCN(C(=O)C(=O)NC3CC3)CC2)c(C)c1. The van der Waals surface area contributed by atoms with Crippen molar-refractivity contribution in [3.05, 3.63) is 23.8 Å². The van der Waals surface area contributed by atoms with E-state index in [0.717, 1.165) is 12.8 Å². The van der Waals surface area contributed by atoms with Crippen LogP contribution in [0, 0.1) is 6.92 Å². The lowest BCUT2D eigenvalue weighted by atomic mass is 10.2. The first-order valence-electron chi connectivity index (χ1n) is 8.57. The fraction of sp³-hybridized carbons (Fsp3) is 0.529. The van der Waals surface area contributed by atoms with Gasteiger partial charge in [0.25, 0.3) is 0 Å². The smallest absolute Gasteiger partial charge is 0.311 e. The minimum Gasteiger partial charge on any atom is -0.497 e. The summed E-state index contributed by atoms with van der Waals surface area (Å²) in [5.41, 5.74) is 0.603. The molecule has 142 valence electrons. The van der Waals surface area contributed by atoms with Gasteiger partial charge in [0.05, 0.1) is 12.0 Å². The Kier molecular flexibility index (Phi) is 5.19. The largest absolute Gasteiger partial charge is 0.497 e. The fourth-order valence-corrected chi connectivity index (χ4v) is 4.56. The summed E-state index contributed by atoms with van der Waals surface area (Å²) in [6, 6.07) is 4.94. The molecular weight excluding hydrogens is 358 g/mol. The molecule has 2 aliphatic rings. The molecule has 0 bridgehead atoms. The number of methoxy groups -OCH3 is 1. The molecule has 26 heavy (non-hydrogen) atoms. The van der Waals surface area contributed by atoms with Crippen LogP contribution in [0.15, 0.2) is 23.1 Å². The average molecular weight is 381 g/mol. The standard InChI is InChI=1S/C17H23N3O5S/c1-12-11-14(25-2)5-6-15(12)26(23,24)20-9-7-19(8-10-20)17(22)16(21)18-13-3-4-13/h5-6,11,13H,3-4,7-10H2,1-2H3,(H,18,21). The number of nitrogens with one attached hydrogen (secondary N) is 1. The van der Waals surface area contributed by atoms with Crippen molar-refractivity contribution in [3.8, 4) is 5.75 Å². The van der Waals surface area contributed by atoms with Crippen molar-refractivity contribution in [2.75, 3.05) is 33.3 Å². The molecule has 9 heteroatoms. The number of ether oxygens (including phenoxy) is 1. The first kappa shape index (κ1) is 18.7. The third-order valence-corrected chi connectivity index (χ3v) is 6.69. The molecule has 0 atom stereocenters. The van der Waals surface area contributed by atoms with Crippen molar-refractivity contribution in [1.82, 2.24) is 14.5 Å². The molecule has 3 rings (SSSR count). The van der Waals surface area contributed by atoms with E-state index in [2.05, 4.69) is 5.32 Å². The molecule has 0 unspecified atom stereocenters. The number of sulfonamides is 1. The normalized spacial score (nSPS) is 18.5. The van der Waals surface area contributed by atoms with Gasteiger partial charge in [-0.2, -0.15) is 4.31 Å². The molecule has 2 amide bonds. The Balaban J connectivity index is 1.65. The number of hydrogen-bond donors (Lipinski definition) is 1. The highest BCUT2D eigenvalue weighted by atomic mass is 32.2. The first-order valence-corrected chi connectivity index (χ1v) is 10.0. The van der Waals surface area contributed by atoms with E-state index in [9.17, 15) is 18.0 Å². The lowest BCUT2D eigenvalue weighted by Crippen LogP contribution is -2.54. The maximum atomic E-state index is 12.9. The van der Waals surface area contributed by atoms with Gasteiger partial charge in [0.1, 0.15) is 5.75 Å². The number of carbonyl (C=O) groups excluding carboxylic acids is 2. The Morgan fingerprint density at radius 3 is 2.35 bits per heavy atom. The van der Waals surface area contributed by atoms with E-state index in [1.165, 1.54) is 22.4 Å². The Hall–Kier alpha value is -2.13. The minimum absolute atomic E-state index is 0.117. The number of piperazine rings is 1. The highest BCUT2D eigenvalue weighted by Gasteiger charge is 2.34. The molecule has 1 aliphatic carbocycles. The number of carbonyl (C=O) groups is 2. The lowest BCUT2D eigenvalue weighted by molar-refractivity contribution is -0.146. The monoisotopic (exact) mass is 381 g/mol. The van der Waals surface area contributed by atoms with Gasteiger partial charge < -0.3 is 15.0 Å². The molecule has 1 saturated heterocycles. The summed E-state index contributed by atoms with van der Waals surface area (Å²) in [6.07, 6.45) is 1.82.